The fourth-order valence-corrected chi connectivity index (χ4v) is 2.62. The molecule has 0 aliphatic rings. The first-order valence-corrected chi connectivity index (χ1v) is 7.33. The van der Waals surface area contributed by atoms with E-state index in [4.69, 9.17) is 0 Å². The minimum Gasteiger partial charge on any atom is -0.368 e. The largest absolute Gasteiger partial charge is 0.368 e. The van der Waals surface area contributed by atoms with Crippen molar-refractivity contribution in [3.63, 3.8) is 0 Å². The third kappa shape index (κ3) is 3.14. The molecule has 0 atom stereocenters. The third-order valence-corrected chi connectivity index (χ3v) is 3.71. The lowest BCUT2D eigenvalue weighted by Gasteiger charge is -2.07. The van der Waals surface area contributed by atoms with E-state index in [0.717, 1.165) is 16.0 Å². The van der Waals surface area contributed by atoms with Crippen LogP contribution >= 0.6 is 11.3 Å². The van der Waals surface area contributed by atoms with Crippen LogP contribution in [0.2, 0.25) is 0 Å². The van der Waals surface area contributed by atoms with Crippen LogP contribution in [0.1, 0.15) is 10.4 Å². The highest BCUT2D eigenvalue weighted by molar-refractivity contribution is 7.16. The highest BCUT2D eigenvalue weighted by Crippen LogP contribution is 2.23. The summed E-state index contributed by atoms with van der Waals surface area (Å²) in [7, 11) is 0. The maximum atomic E-state index is 11.8. The Kier molecular flexibility index (Phi) is 4.02. The number of anilines is 1. The normalized spacial score (nSPS) is 10.5. The Bertz CT molecular complexity index is 743. The van der Waals surface area contributed by atoms with E-state index in [1.165, 1.54) is 6.33 Å². The molecule has 0 radical (unpaired) electrons. The predicted octanol–water partition coefficient (Wildman–Crippen LogP) is 1.93. The Balaban J connectivity index is 1.53. The van der Waals surface area contributed by atoms with Gasteiger partial charge in [-0.3, -0.25) is 9.78 Å². The van der Waals surface area contributed by atoms with Gasteiger partial charge in [-0.25, -0.2) is 9.97 Å². The fourth-order valence-electron chi connectivity index (χ4n) is 1.89. The van der Waals surface area contributed by atoms with Crippen molar-refractivity contribution >= 4 is 33.3 Å². The molecule has 0 spiro atoms. The first kappa shape index (κ1) is 13.4. The summed E-state index contributed by atoms with van der Waals surface area (Å²) in [6, 6.07) is 5.45. The molecule has 0 aromatic carbocycles. The molecule has 1 amide bonds. The van der Waals surface area contributed by atoms with E-state index in [2.05, 4.69) is 25.6 Å². The minimum absolute atomic E-state index is 0.131. The van der Waals surface area contributed by atoms with E-state index in [9.17, 15) is 4.79 Å². The molecule has 6 nitrogen and oxygen atoms in total. The van der Waals surface area contributed by atoms with Crippen LogP contribution in [0.3, 0.4) is 0 Å². The molecule has 2 N–H and O–H groups in total. The lowest BCUT2D eigenvalue weighted by Crippen LogP contribution is -2.28. The highest BCUT2D eigenvalue weighted by atomic mass is 32.1. The number of nitrogens with one attached hydrogen (secondary N) is 2. The van der Waals surface area contributed by atoms with Crippen LogP contribution in [-0.4, -0.2) is 33.9 Å². The van der Waals surface area contributed by atoms with Gasteiger partial charge in [-0.1, -0.05) is 0 Å². The van der Waals surface area contributed by atoms with Crippen LogP contribution in [0.25, 0.3) is 10.2 Å². The number of carbonyl (C=O) groups is 1. The van der Waals surface area contributed by atoms with Crippen molar-refractivity contribution in [2.75, 3.05) is 18.4 Å². The summed E-state index contributed by atoms with van der Waals surface area (Å²) in [5.74, 6) is 0.658. The van der Waals surface area contributed by atoms with Gasteiger partial charge in [-0.05, 0) is 23.6 Å². The number of nitrogens with zero attached hydrogens (tertiary/aromatic N) is 3. The molecule has 0 aliphatic carbocycles. The van der Waals surface area contributed by atoms with Gasteiger partial charge in [0.25, 0.3) is 5.91 Å². The van der Waals surface area contributed by atoms with Crippen LogP contribution in [-0.2, 0) is 0 Å². The monoisotopic (exact) mass is 299 g/mol. The van der Waals surface area contributed by atoms with E-state index >= 15 is 0 Å². The topological polar surface area (TPSA) is 79.8 Å². The third-order valence-electron chi connectivity index (χ3n) is 2.89. The Hall–Kier alpha value is -2.54. The van der Waals surface area contributed by atoms with E-state index < -0.39 is 0 Å². The lowest BCUT2D eigenvalue weighted by molar-refractivity contribution is 0.0955. The molecule has 3 heterocycles. The second kappa shape index (κ2) is 6.27. The molecule has 7 heteroatoms. The molecule has 3 aromatic rings. The minimum atomic E-state index is -0.131. The lowest BCUT2D eigenvalue weighted by atomic mass is 10.3. The zero-order chi connectivity index (χ0) is 14.5. The maximum Gasteiger partial charge on any atom is 0.252 e. The molecule has 0 aliphatic heterocycles. The molecule has 0 fully saturated rings. The molecular formula is C14H13N5OS. The summed E-state index contributed by atoms with van der Waals surface area (Å²) in [5.41, 5.74) is 0.555. The number of carbonyl (C=O) groups excluding carboxylic acids is 1. The number of amides is 1. The number of pyridine rings is 1. The van der Waals surface area contributed by atoms with Crippen molar-refractivity contribution in [3.8, 4) is 0 Å². The molecule has 0 bridgehead atoms. The number of thiophene rings is 1. The Morgan fingerprint density at radius 2 is 2.19 bits per heavy atom. The van der Waals surface area contributed by atoms with Crippen molar-refractivity contribution in [1.29, 1.82) is 0 Å². The summed E-state index contributed by atoms with van der Waals surface area (Å²) in [5, 5.41) is 9.02. The van der Waals surface area contributed by atoms with Gasteiger partial charge in [0.1, 0.15) is 17.0 Å². The van der Waals surface area contributed by atoms with Crippen molar-refractivity contribution in [3.05, 3.63) is 47.9 Å². The van der Waals surface area contributed by atoms with Crippen molar-refractivity contribution in [1.82, 2.24) is 20.3 Å². The van der Waals surface area contributed by atoms with Crippen LogP contribution in [0, 0.1) is 0 Å². The zero-order valence-electron chi connectivity index (χ0n) is 11.1. The Labute approximate surface area is 125 Å². The quantitative estimate of drug-likeness (QED) is 0.704. The average Bonchev–Trinajstić information content (AvgIpc) is 3.01. The van der Waals surface area contributed by atoms with Gasteiger partial charge in [-0.2, -0.15) is 0 Å². The van der Waals surface area contributed by atoms with Crippen molar-refractivity contribution < 1.29 is 4.79 Å². The number of rotatable bonds is 5. The smallest absolute Gasteiger partial charge is 0.252 e. The summed E-state index contributed by atoms with van der Waals surface area (Å²) in [4.78, 5) is 25.1. The standard InChI is InChI=1S/C14H13N5OS/c20-13(10-2-1-4-15-8-10)17-6-5-16-12-11-3-7-21-14(11)19-9-18-12/h1-4,7-9H,5-6H2,(H,17,20)(H,16,18,19). The number of hydrogen-bond donors (Lipinski definition) is 2. The van der Waals surface area contributed by atoms with Gasteiger partial charge in [0, 0.05) is 25.5 Å². The van der Waals surface area contributed by atoms with E-state index in [0.29, 0.717) is 18.7 Å². The molecule has 3 rings (SSSR count). The van der Waals surface area contributed by atoms with Gasteiger partial charge < -0.3 is 10.6 Å². The molecule has 21 heavy (non-hydrogen) atoms. The molecular weight excluding hydrogens is 286 g/mol. The molecule has 3 aromatic heterocycles. The highest BCUT2D eigenvalue weighted by Gasteiger charge is 2.05. The van der Waals surface area contributed by atoms with Crippen molar-refractivity contribution in [2.45, 2.75) is 0 Å². The maximum absolute atomic E-state index is 11.8. The summed E-state index contributed by atoms with van der Waals surface area (Å²) in [6.07, 6.45) is 4.72. The van der Waals surface area contributed by atoms with E-state index in [1.807, 2.05) is 11.4 Å². The predicted molar refractivity (Wildman–Crippen MR) is 82.5 cm³/mol. The van der Waals surface area contributed by atoms with Gasteiger partial charge in [0.05, 0.1) is 10.9 Å². The summed E-state index contributed by atoms with van der Waals surface area (Å²) in [6.45, 7) is 1.09. The first-order valence-electron chi connectivity index (χ1n) is 6.45. The van der Waals surface area contributed by atoms with Gasteiger partial charge in [0.2, 0.25) is 0 Å². The van der Waals surface area contributed by atoms with Gasteiger partial charge >= 0.3 is 0 Å². The Morgan fingerprint density at radius 1 is 1.24 bits per heavy atom. The summed E-state index contributed by atoms with van der Waals surface area (Å²) < 4.78 is 0. The molecule has 106 valence electrons. The van der Waals surface area contributed by atoms with Crippen LogP contribution in [0.15, 0.2) is 42.3 Å². The second-order valence-electron chi connectivity index (χ2n) is 4.29. The first-order chi connectivity index (χ1) is 10.3. The zero-order valence-corrected chi connectivity index (χ0v) is 11.9. The van der Waals surface area contributed by atoms with Crippen LogP contribution < -0.4 is 10.6 Å². The van der Waals surface area contributed by atoms with E-state index in [1.54, 1.807) is 35.9 Å². The number of aromatic nitrogens is 3. The van der Waals surface area contributed by atoms with E-state index in [-0.39, 0.29) is 5.91 Å². The second-order valence-corrected chi connectivity index (χ2v) is 5.18. The number of hydrogen-bond acceptors (Lipinski definition) is 6. The van der Waals surface area contributed by atoms with Crippen LogP contribution in [0.4, 0.5) is 5.82 Å². The average molecular weight is 299 g/mol. The van der Waals surface area contributed by atoms with Crippen LogP contribution in [0.5, 0.6) is 0 Å². The molecule has 0 unspecified atom stereocenters. The SMILES string of the molecule is O=C(NCCNc1ncnc2sccc12)c1cccnc1. The van der Waals surface area contributed by atoms with Gasteiger partial charge in [-0.15, -0.1) is 11.3 Å². The van der Waals surface area contributed by atoms with Gasteiger partial charge in [0.15, 0.2) is 0 Å². The fraction of sp³-hybridized carbons (Fsp3) is 0.143. The number of fused-ring (bicyclic) bond motifs is 1. The van der Waals surface area contributed by atoms with Crippen molar-refractivity contribution in [2.24, 2.45) is 0 Å². The molecule has 0 saturated heterocycles. The molecule has 0 saturated carbocycles. The Morgan fingerprint density at radius 3 is 3.05 bits per heavy atom. The summed E-state index contributed by atoms with van der Waals surface area (Å²) >= 11 is 1.58.